The topological polar surface area (TPSA) is 19.4 Å². The van der Waals surface area contributed by atoms with Crippen LogP contribution in [0.5, 0.6) is 0 Å². The lowest BCUT2D eigenvalue weighted by Crippen LogP contribution is -2.54. The molecule has 2 fully saturated rings. The van der Waals surface area contributed by atoms with Crippen LogP contribution in [0, 0.1) is 11.9 Å². The average molecular weight is 299 g/mol. The molecule has 1 aromatic rings. The number of hydrogen-bond acceptors (Lipinski definition) is 3. The third kappa shape index (κ3) is 3.31. The van der Waals surface area contributed by atoms with E-state index in [-0.39, 0.29) is 24.8 Å². The second kappa shape index (κ2) is 5.48. The number of hydrogen-bond donors (Lipinski definition) is 0. The molecule has 6 heteroatoms. The van der Waals surface area contributed by atoms with Gasteiger partial charge in [0.2, 0.25) is 11.9 Å². The van der Waals surface area contributed by atoms with Gasteiger partial charge in [-0.05, 0) is 25.0 Å². The quantitative estimate of drug-likeness (QED) is 0.800. The number of halogens is 3. The van der Waals surface area contributed by atoms with E-state index in [1.54, 1.807) is 6.07 Å². The fraction of sp³-hybridized carbons (Fsp3) is 0.667. The predicted octanol–water partition coefficient (Wildman–Crippen LogP) is 2.78. The molecular weight excluding hydrogens is 279 g/mol. The minimum absolute atomic E-state index is 0.0209. The van der Waals surface area contributed by atoms with Gasteiger partial charge < -0.3 is 4.90 Å². The summed E-state index contributed by atoms with van der Waals surface area (Å²) < 4.78 is 38.9. The molecule has 0 bridgehead atoms. The number of nitrogens with zero attached hydrogens (tertiary/aromatic N) is 3. The number of rotatable bonds is 3. The summed E-state index contributed by atoms with van der Waals surface area (Å²) in [5, 5.41) is 0. The molecule has 2 heterocycles. The monoisotopic (exact) mass is 299 g/mol. The van der Waals surface area contributed by atoms with Crippen molar-refractivity contribution < 1.29 is 13.2 Å². The Morgan fingerprint density at radius 1 is 1.29 bits per heavy atom. The molecule has 2 aliphatic rings. The molecule has 0 spiro atoms. The number of piperazine rings is 1. The van der Waals surface area contributed by atoms with Crippen LogP contribution in [0.15, 0.2) is 18.2 Å². The minimum Gasteiger partial charge on any atom is -0.351 e. The van der Waals surface area contributed by atoms with E-state index in [0.717, 1.165) is 26.2 Å². The zero-order valence-corrected chi connectivity index (χ0v) is 12.1. The highest BCUT2D eigenvalue weighted by molar-refractivity contribution is 5.40. The lowest BCUT2D eigenvalue weighted by Gasteiger charge is -2.44. The van der Waals surface area contributed by atoms with Crippen LogP contribution < -0.4 is 4.90 Å². The Bertz CT molecular complexity index is 501. The molecular formula is C15H20F3N3. The fourth-order valence-electron chi connectivity index (χ4n) is 3.38. The first kappa shape index (κ1) is 14.6. The summed E-state index contributed by atoms with van der Waals surface area (Å²) in [6.45, 7) is 5.17. The first-order chi connectivity index (χ1) is 9.93. The van der Waals surface area contributed by atoms with E-state index in [1.807, 2.05) is 6.07 Å². The van der Waals surface area contributed by atoms with Crippen molar-refractivity contribution in [3.8, 4) is 0 Å². The number of aromatic nitrogens is 1. The number of alkyl halides is 2. The Labute approximate surface area is 122 Å². The molecule has 1 unspecified atom stereocenters. The van der Waals surface area contributed by atoms with Crippen LogP contribution in [0.2, 0.25) is 0 Å². The summed E-state index contributed by atoms with van der Waals surface area (Å²) in [6.07, 6.45) is 0.0418. The SMILES string of the molecule is CC1CN(CC2CC(F)(F)C2)CCN1c1cccc(F)n1. The highest BCUT2D eigenvalue weighted by atomic mass is 19.3. The van der Waals surface area contributed by atoms with E-state index < -0.39 is 11.9 Å². The number of anilines is 1. The molecule has 1 saturated heterocycles. The Balaban J connectivity index is 1.55. The fourth-order valence-corrected chi connectivity index (χ4v) is 3.38. The first-order valence-electron chi connectivity index (χ1n) is 7.42. The van der Waals surface area contributed by atoms with Gasteiger partial charge in [-0.15, -0.1) is 0 Å². The van der Waals surface area contributed by atoms with Gasteiger partial charge in [-0.1, -0.05) is 6.07 Å². The third-order valence-electron chi connectivity index (χ3n) is 4.40. The average Bonchev–Trinajstić information content (AvgIpc) is 2.36. The van der Waals surface area contributed by atoms with Gasteiger partial charge >= 0.3 is 0 Å². The van der Waals surface area contributed by atoms with Crippen LogP contribution in [-0.2, 0) is 0 Å². The molecule has 3 nitrogen and oxygen atoms in total. The molecule has 0 aromatic carbocycles. The second-order valence-electron chi connectivity index (χ2n) is 6.25. The van der Waals surface area contributed by atoms with Crippen molar-refractivity contribution >= 4 is 5.82 Å². The van der Waals surface area contributed by atoms with Gasteiger partial charge in [0.1, 0.15) is 5.82 Å². The molecule has 1 aliphatic carbocycles. The molecule has 0 radical (unpaired) electrons. The van der Waals surface area contributed by atoms with E-state index in [0.29, 0.717) is 5.82 Å². The van der Waals surface area contributed by atoms with Gasteiger partial charge in [0.05, 0.1) is 0 Å². The summed E-state index contributed by atoms with van der Waals surface area (Å²) in [6, 6.07) is 5.00. The standard InChI is InChI=1S/C15H20F3N3/c1-11-9-20(10-12-7-15(17,18)8-12)5-6-21(11)14-4-2-3-13(16)19-14/h2-4,11-12H,5-10H2,1H3. The highest BCUT2D eigenvalue weighted by Gasteiger charge is 2.45. The summed E-state index contributed by atoms with van der Waals surface area (Å²) >= 11 is 0. The van der Waals surface area contributed by atoms with Crippen molar-refractivity contribution in [3.05, 3.63) is 24.1 Å². The summed E-state index contributed by atoms with van der Waals surface area (Å²) in [4.78, 5) is 8.24. The van der Waals surface area contributed by atoms with E-state index >= 15 is 0 Å². The van der Waals surface area contributed by atoms with Gasteiger partial charge in [0.15, 0.2) is 0 Å². The largest absolute Gasteiger partial charge is 0.351 e. The zero-order chi connectivity index (χ0) is 15.0. The van der Waals surface area contributed by atoms with E-state index in [2.05, 4.69) is 21.7 Å². The molecule has 0 N–H and O–H groups in total. The summed E-state index contributed by atoms with van der Waals surface area (Å²) in [5.74, 6) is -2.15. The maximum absolute atomic E-state index is 13.2. The number of pyridine rings is 1. The molecule has 21 heavy (non-hydrogen) atoms. The summed E-state index contributed by atoms with van der Waals surface area (Å²) in [7, 11) is 0. The summed E-state index contributed by atoms with van der Waals surface area (Å²) in [5.41, 5.74) is 0. The van der Waals surface area contributed by atoms with E-state index in [1.165, 1.54) is 6.07 Å². The third-order valence-corrected chi connectivity index (χ3v) is 4.40. The van der Waals surface area contributed by atoms with Crippen molar-refractivity contribution in [2.45, 2.75) is 31.7 Å². The maximum Gasteiger partial charge on any atom is 0.248 e. The van der Waals surface area contributed by atoms with Crippen LogP contribution in [0.25, 0.3) is 0 Å². The predicted molar refractivity (Wildman–Crippen MR) is 75.1 cm³/mol. The molecule has 1 saturated carbocycles. The first-order valence-corrected chi connectivity index (χ1v) is 7.42. The van der Waals surface area contributed by atoms with Crippen LogP contribution in [-0.4, -0.2) is 48.0 Å². The maximum atomic E-state index is 13.2. The van der Waals surface area contributed by atoms with Gasteiger partial charge in [0.25, 0.3) is 0 Å². The van der Waals surface area contributed by atoms with Gasteiger partial charge in [0, 0.05) is 45.1 Å². The Morgan fingerprint density at radius 3 is 2.67 bits per heavy atom. The Kier molecular flexibility index (Phi) is 3.82. The Hall–Kier alpha value is -1.30. The van der Waals surface area contributed by atoms with Crippen molar-refractivity contribution in [2.75, 3.05) is 31.1 Å². The van der Waals surface area contributed by atoms with Crippen LogP contribution in [0.3, 0.4) is 0 Å². The zero-order valence-electron chi connectivity index (χ0n) is 12.1. The van der Waals surface area contributed by atoms with E-state index in [9.17, 15) is 13.2 Å². The molecule has 3 rings (SSSR count). The van der Waals surface area contributed by atoms with Crippen LogP contribution in [0.4, 0.5) is 19.0 Å². The van der Waals surface area contributed by atoms with Gasteiger partial charge in [-0.3, -0.25) is 4.90 Å². The smallest absolute Gasteiger partial charge is 0.248 e. The van der Waals surface area contributed by atoms with Gasteiger partial charge in [-0.2, -0.15) is 4.39 Å². The lowest BCUT2D eigenvalue weighted by atomic mass is 9.81. The normalized spacial score (nSPS) is 26.7. The molecule has 1 aliphatic heterocycles. The van der Waals surface area contributed by atoms with Crippen LogP contribution in [0.1, 0.15) is 19.8 Å². The second-order valence-corrected chi connectivity index (χ2v) is 6.25. The molecule has 1 atom stereocenters. The molecule has 1 aromatic heterocycles. The van der Waals surface area contributed by atoms with Crippen molar-refractivity contribution in [1.29, 1.82) is 0 Å². The van der Waals surface area contributed by atoms with Gasteiger partial charge in [-0.25, -0.2) is 13.8 Å². The van der Waals surface area contributed by atoms with Crippen molar-refractivity contribution in [1.82, 2.24) is 9.88 Å². The van der Waals surface area contributed by atoms with Crippen molar-refractivity contribution in [3.63, 3.8) is 0 Å². The highest BCUT2D eigenvalue weighted by Crippen LogP contribution is 2.42. The Morgan fingerprint density at radius 2 is 2.05 bits per heavy atom. The molecule has 116 valence electrons. The molecule has 0 amide bonds. The lowest BCUT2D eigenvalue weighted by molar-refractivity contribution is -0.116. The van der Waals surface area contributed by atoms with Crippen molar-refractivity contribution in [2.24, 2.45) is 5.92 Å². The minimum atomic E-state index is -2.44. The van der Waals surface area contributed by atoms with Crippen LogP contribution >= 0.6 is 0 Å². The van der Waals surface area contributed by atoms with E-state index in [4.69, 9.17) is 0 Å².